The first-order valence-corrected chi connectivity index (χ1v) is 8.55. The Morgan fingerprint density at radius 3 is 2.90 bits per heavy atom. The Labute approximate surface area is 179 Å². The molecule has 0 aliphatic carbocycles. The second-order valence-electron chi connectivity index (χ2n) is 6.41. The van der Waals surface area contributed by atoms with Crippen LogP contribution in [0.2, 0.25) is 0 Å². The van der Waals surface area contributed by atoms with E-state index in [-0.39, 0.29) is 45.0 Å². The number of nitrogens with zero attached hydrogens (tertiary/aromatic N) is 5. The van der Waals surface area contributed by atoms with Gasteiger partial charge in [-0.1, -0.05) is 12.3 Å². The first-order chi connectivity index (χ1) is 13.5. The first-order valence-electron chi connectivity index (χ1n) is 8.55. The third-order valence-electron chi connectivity index (χ3n) is 4.55. The molecule has 1 aliphatic heterocycles. The molecule has 0 spiro atoms. The first kappa shape index (κ1) is 20.9. The summed E-state index contributed by atoms with van der Waals surface area (Å²) in [6.45, 7) is 2.10. The molecule has 1 N–H and O–H groups in total. The number of aryl methyl sites for hydroxylation is 1. The van der Waals surface area contributed by atoms with Gasteiger partial charge in [0.2, 0.25) is 5.88 Å². The molecule has 0 saturated heterocycles. The van der Waals surface area contributed by atoms with Crippen LogP contribution in [0, 0.1) is 17.1 Å². The molecule has 2 bridgehead atoms. The van der Waals surface area contributed by atoms with Crippen LogP contribution in [0.3, 0.4) is 0 Å². The molecular weight excluding hydrogens is 555 g/mol. The molecule has 3 aromatic rings. The van der Waals surface area contributed by atoms with E-state index in [1.807, 2.05) is 0 Å². The Hall–Kier alpha value is -2.86. The predicted octanol–water partition coefficient (Wildman–Crippen LogP) is 3.74. The monoisotopic (exact) mass is 572 g/mol. The van der Waals surface area contributed by atoms with E-state index in [2.05, 4.69) is 21.1 Å². The van der Waals surface area contributed by atoms with Gasteiger partial charge in [-0.25, -0.2) is 9.37 Å². The summed E-state index contributed by atoms with van der Waals surface area (Å²) in [7, 11) is 1.66. The van der Waals surface area contributed by atoms with Crippen LogP contribution in [0.4, 0.5) is 10.2 Å². The van der Waals surface area contributed by atoms with Gasteiger partial charge in [0.25, 0.3) is 0 Å². The van der Waals surface area contributed by atoms with E-state index in [0.717, 1.165) is 5.56 Å². The maximum Gasteiger partial charge on any atom is 0.212 e. The Morgan fingerprint density at radius 1 is 1.34 bits per heavy atom. The average Bonchev–Trinajstić information content (AvgIpc) is 2.99. The number of aromatic nitrogens is 4. The zero-order valence-electron chi connectivity index (χ0n) is 15.6. The van der Waals surface area contributed by atoms with Crippen LogP contribution in [0.1, 0.15) is 35.5 Å². The molecule has 3 heterocycles. The zero-order valence-corrected chi connectivity index (χ0v) is 18.0. The van der Waals surface area contributed by atoms with Gasteiger partial charge in [0.05, 0.1) is 30.2 Å². The summed E-state index contributed by atoms with van der Waals surface area (Å²) in [5.74, 6) is -0.538. The van der Waals surface area contributed by atoms with Crippen molar-refractivity contribution in [2.45, 2.75) is 26.2 Å². The van der Waals surface area contributed by atoms with Gasteiger partial charge in [0, 0.05) is 32.7 Å². The molecule has 0 fully saturated rings. The smallest absolute Gasteiger partial charge is 0.212 e. The van der Waals surface area contributed by atoms with Crippen LogP contribution in [0.5, 0.6) is 5.88 Å². The largest absolute Gasteiger partial charge is 0.478 e. The number of hydrogen-bond donors (Lipinski definition) is 0. The summed E-state index contributed by atoms with van der Waals surface area (Å²) in [4.78, 5) is 8.43. The fraction of sp³-hybridized carbons (Fsp3) is 0.263. The van der Waals surface area contributed by atoms with Crippen LogP contribution in [0.15, 0.2) is 24.4 Å². The summed E-state index contributed by atoms with van der Waals surface area (Å²) in [6.07, 6.45) is 0.826. The van der Waals surface area contributed by atoms with E-state index in [4.69, 9.17) is 15.2 Å². The standard InChI is InChI=1S/C19H16FN6O2.Ir/c1-10-13-5-12(20)4-3-11(13)8-27-9-15-17(16(6-21)26(2)25-15)14-7-23-18(22)19(24-14)28-10;/h3-5,7,10H,8-9H2,1-2H3,(H-,22,23);/q-1;. The Balaban J connectivity index is 0.00000240. The number of benzene rings is 1. The summed E-state index contributed by atoms with van der Waals surface area (Å²) in [5.41, 5.74) is 11.1. The normalized spacial score (nSPS) is 15.4. The third-order valence-corrected chi connectivity index (χ3v) is 4.55. The molecule has 0 amide bonds. The summed E-state index contributed by atoms with van der Waals surface area (Å²) >= 11 is 0. The molecule has 1 aliphatic rings. The van der Waals surface area contributed by atoms with Crippen LogP contribution < -0.4 is 4.74 Å². The van der Waals surface area contributed by atoms with Crippen LogP contribution in [0.25, 0.3) is 17.0 Å². The van der Waals surface area contributed by atoms with E-state index in [0.29, 0.717) is 28.2 Å². The van der Waals surface area contributed by atoms with Gasteiger partial charge in [0.15, 0.2) is 0 Å². The molecule has 2 aromatic heterocycles. The average molecular weight is 572 g/mol. The Kier molecular flexibility index (Phi) is 5.93. The van der Waals surface area contributed by atoms with Gasteiger partial charge >= 0.3 is 0 Å². The maximum atomic E-state index is 13.8. The fourth-order valence-corrected chi connectivity index (χ4v) is 3.22. The zero-order chi connectivity index (χ0) is 19.8. The minimum absolute atomic E-state index is 0. The quantitative estimate of drug-likeness (QED) is 0.407. The van der Waals surface area contributed by atoms with Crippen LogP contribution in [-0.2, 0) is 45.1 Å². The van der Waals surface area contributed by atoms with Crippen molar-refractivity contribution in [2.24, 2.45) is 7.05 Å². The van der Waals surface area contributed by atoms with Gasteiger partial charge in [-0.3, -0.25) is 4.68 Å². The minimum atomic E-state index is -0.578. The molecule has 1 atom stereocenters. The molecule has 29 heavy (non-hydrogen) atoms. The van der Waals surface area contributed by atoms with Crippen molar-refractivity contribution in [1.82, 2.24) is 19.7 Å². The van der Waals surface area contributed by atoms with Crippen molar-refractivity contribution < 1.29 is 34.0 Å². The van der Waals surface area contributed by atoms with Gasteiger partial charge in [-0.2, -0.15) is 10.4 Å². The van der Waals surface area contributed by atoms with Crippen LogP contribution in [-0.4, -0.2) is 19.7 Å². The third kappa shape index (κ3) is 3.85. The van der Waals surface area contributed by atoms with Crippen molar-refractivity contribution in [3.63, 3.8) is 0 Å². The second kappa shape index (κ2) is 8.25. The number of nitrogens with one attached hydrogen (secondary N) is 1. The van der Waals surface area contributed by atoms with Crippen molar-refractivity contribution in [3.8, 4) is 23.2 Å². The van der Waals surface area contributed by atoms with Crippen LogP contribution >= 0.6 is 0 Å². The second-order valence-corrected chi connectivity index (χ2v) is 6.41. The number of halogens is 1. The van der Waals surface area contributed by atoms with Gasteiger partial charge in [-0.05, 0) is 30.4 Å². The SMILES string of the molecule is CC1Oc2nc(cnc2[NH-])-c2c(nn(C)c2C#N)COCc2ccc(F)cc21.[Ir]. The van der Waals surface area contributed by atoms with Gasteiger partial charge in [0.1, 0.15) is 23.7 Å². The molecule has 0 saturated carbocycles. The number of rotatable bonds is 0. The number of fused-ring (bicyclic) bond motifs is 5. The van der Waals surface area contributed by atoms with Crippen molar-refractivity contribution in [2.75, 3.05) is 0 Å². The van der Waals surface area contributed by atoms with Crippen molar-refractivity contribution >= 4 is 5.82 Å². The van der Waals surface area contributed by atoms with Crippen molar-refractivity contribution in [1.29, 1.82) is 5.26 Å². The molecule has 1 radical (unpaired) electrons. The summed E-state index contributed by atoms with van der Waals surface area (Å²) in [6, 6.07) is 6.50. The number of hydrogen-bond acceptors (Lipinski definition) is 6. The molecular formula is C19H16FIrN6O2-. The van der Waals surface area contributed by atoms with E-state index >= 15 is 0 Å². The Bertz CT molecular complexity index is 1110. The summed E-state index contributed by atoms with van der Waals surface area (Å²) < 4.78 is 26.9. The molecule has 1 unspecified atom stereocenters. The molecule has 8 nitrogen and oxygen atoms in total. The van der Waals surface area contributed by atoms with E-state index < -0.39 is 11.9 Å². The van der Waals surface area contributed by atoms with Gasteiger partial charge in [-0.15, -0.1) is 0 Å². The molecule has 1 aromatic carbocycles. The van der Waals surface area contributed by atoms with E-state index in [1.165, 1.54) is 23.0 Å². The molecule has 10 heteroatoms. The minimum Gasteiger partial charge on any atom is -0.478 e. The topological polar surface area (TPSA) is 110 Å². The molecule has 4 rings (SSSR count). The van der Waals surface area contributed by atoms with Crippen molar-refractivity contribution in [3.05, 3.63) is 58.5 Å². The van der Waals surface area contributed by atoms with E-state index in [1.54, 1.807) is 20.0 Å². The van der Waals surface area contributed by atoms with Gasteiger partial charge < -0.3 is 20.2 Å². The maximum absolute atomic E-state index is 13.8. The van der Waals surface area contributed by atoms with E-state index in [9.17, 15) is 9.65 Å². The Morgan fingerprint density at radius 2 is 2.14 bits per heavy atom. The number of ether oxygens (including phenoxy) is 2. The summed E-state index contributed by atoms with van der Waals surface area (Å²) in [5, 5.41) is 13.9. The predicted molar refractivity (Wildman–Crippen MR) is 96.9 cm³/mol. The fourth-order valence-electron chi connectivity index (χ4n) is 3.22. The number of nitriles is 1. The molecule has 151 valence electrons.